The maximum absolute atomic E-state index is 13.3. The fourth-order valence-corrected chi connectivity index (χ4v) is 4.17. The molecule has 29 heavy (non-hydrogen) atoms. The summed E-state index contributed by atoms with van der Waals surface area (Å²) in [6.45, 7) is 6.34. The van der Waals surface area contributed by atoms with Crippen LogP contribution in [0.4, 0.5) is 0 Å². The van der Waals surface area contributed by atoms with Gasteiger partial charge in [-0.15, -0.1) is 0 Å². The maximum atomic E-state index is 13.3. The Labute approximate surface area is 172 Å². The summed E-state index contributed by atoms with van der Waals surface area (Å²) in [5, 5.41) is 0. The molecule has 1 fully saturated rings. The Morgan fingerprint density at radius 1 is 1.17 bits per heavy atom. The van der Waals surface area contributed by atoms with Crippen LogP contribution < -0.4 is 9.47 Å². The van der Waals surface area contributed by atoms with Gasteiger partial charge in [0.05, 0.1) is 6.42 Å². The number of aromatic nitrogens is 1. The normalized spacial score (nSPS) is 16.7. The Hall–Kier alpha value is -2.60. The highest BCUT2D eigenvalue weighted by molar-refractivity contribution is 5.79. The summed E-state index contributed by atoms with van der Waals surface area (Å²) < 4.78 is 10.8. The molecule has 1 amide bonds. The predicted octanol–water partition coefficient (Wildman–Crippen LogP) is 2.91. The van der Waals surface area contributed by atoms with Gasteiger partial charge in [-0.3, -0.25) is 9.78 Å². The third-order valence-electron chi connectivity index (χ3n) is 5.89. The van der Waals surface area contributed by atoms with Gasteiger partial charge in [0.1, 0.15) is 0 Å². The first-order valence-corrected chi connectivity index (χ1v) is 10.5. The van der Waals surface area contributed by atoms with Gasteiger partial charge in [-0.2, -0.15) is 0 Å². The van der Waals surface area contributed by atoms with E-state index in [4.69, 9.17) is 9.47 Å². The van der Waals surface area contributed by atoms with Crippen molar-refractivity contribution in [3.05, 3.63) is 53.9 Å². The van der Waals surface area contributed by atoms with Crippen LogP contribution in [-0.4, -0.2) is 59.7 Å². The van der Waals surface area contributed by atoms with E-state index in [0.717, 1.165) is 61.7 Å². The van der Waals surface area contributed by atoms with Crippen molar-refractivity contribution in [2.45, 2.75) is 38.6 Å². The molecule has 1 aromatic carbocycles. The lowest BCUT2D eigenvalue weighted by atomic mass is 10.0. The molecule has 4 rings (SSSR count). The number of piperidine rings is 1. The Kier molecular flexibility index (Phi) is 6.30. The van der Waals surface area contributed by atoms with Gasteiger partial charge < -0.3 is 19.3 Å². The molecule has 154 valence electrons. The molecule has 0 N–H and O–H groups in total. The van der Waals surface area contributed by atoms with E-state index in [2.05, 4.69) is 21.7 Å². The van der Waals surface area contributed by atoms with Gasteiger partial charge in [0, 0.05) is 44.0 Å². The van der Waals surface area contributed by atoms with Crippen molar-refractivity contribution in [2.75, 3.05) is 33.0 Å². The maximum Gasteiger partial charge on any atom is 0.231 e. The highest BCUT2D eigenvalue weighted by atomic mass is 16.7. The summed E-state index contributed by atoms with van der Waals surface area (Å²) in [7, 11) is 0. The van der Waals surface area contributed by atoms with Crippen LogP contribution in [0.25, 0.3) is 0 Å². The average Bonchev–Trinajstić information content (AvgIpc) is 3.23. The molecule has 1 saturated heterocycles. The second kappa shape index (κ2) is 9.27. The molecule has 3 heterocycles. The number of rotatable bonds is 7. The molecular weight excluding hydrogens is 366 g/mol. The monoisotopic (exact) mass is 395 g/mol. The van der Waals surface area contributed by atoms with Crippen LogP contribution in [0.3, 0.4) is 0 Å². The number of nitrogens with zero attached hydrogens (tertiary/aromatic N) is 3. The van der Waals surface area contributed by atoms with Crippen molar-refractivity contribution in [3.8, 4) is 11.5 Å². The largest absolute Gasteiger partial charge is 0.454 e. The zero-order valence-corrected chi connectivity index (χ0v) is 17.0. The number of carbonyl (C=O) groups is 1. The second-order valence-corrected chi connectivity index (χ2v) is 7.69. The van der Waals surface area contributed by atoms with Crippen molar-refractivity contribution in [2.24, 2.45) is 0 Å². The average molecular weight is 396 g/mol. The topological polar surface area (TPSA) is 54.9 Å². The first-order chi connectivity index (χ1) is 14.2. The predicted molar refractivity (Wildman–Crippen MR) is 111 cm³/mol. The lowest BCUT2D eigenvalue weighted by molar-refractivity contribution is -0.133. The molecule has 0 radical (unpaired) electrons. The number of benzene rings is 1. The Bertz CT molecular complexity index is 819. The first kappa shape index (κ1) is 19.7. The lowest BCUT2D eigenvalue weighted by Crippen LogP contribution is -2.48. The molecule has 0 unspecified atom stereocenters. The van der Waals surface area contributed by atoms with Crippen LogP contribution >= 0.6 is 0 Å². The number of ether oxygens (including phenoxy) is 2. The van der Waals surface area contributed by atoms with Crippen LogP contribution in [0.2, 0.25) is 0 Å². The minimum Gasteiger partial charge on any atom is -0.454 e. The first-order valence-electron chi connectivity index (χ1n) is 10.5. The van der Waals surface area contributed by atoms with Gasteiger partial charge in [-0.25, -0.2) is 0 Å². The van der Waals surface area contributed by atoms with Crippen LogP contribution in [0.15, 0.2) is 42.6 Å². The molecular formula is C23H29N3O3. The van der Waals surface area contributed by atoms with Crippen molar-refractivity contribution < 1.29 is 14.3 Å². The second-order valence-electron chi connectivity index (χ2n) is 7.69. The summed E-state index contributed by atoms with van der Waals surface area (Å²) in [5.41, 5.74) is 1.99. The highest BCUT2D eigenvalue weighted by Gasteiger charge is 2.27. The van der Waals surface area contributed by atoms with E-state index < -0.39 is 0 Å². The van der Waals surface area contributed by atoms with Crippen LogP contribution in [-0.2, 0) is 17.6 Å². The van der Waals surface area contributed by atoms with E-state index in [1.165, 1.54) is 0 Å². The molecule has 0 bridgehead atoms. The number of carbonyl (C=O) groups excluding carboxylic acids is 1. The quantitative estimate of drug-likeness (QED) is 0.722. The molecule has 6 nitrogen and oxygen atoms in total. The number of hydrogen-bond acceptors (Lipinski definition) is 5. The standard InChI is InChI=1S/C23H29N3O3/c1-2-25-12-9-20(10-13-25)26(14-8-19-5-3-4-11-24-19)23(27)16-18-6-7-21-22(15-18)29-17-28-21/h3-7,11,15,20H,2,8-10,12-14,16-17H2,1H3. The third-order valence-corrected chi connectivity index (χ3v) is 5.89. The Morgan fingerprint density at radius 2 is 2.00 bits per heavy atom. The van der Waals surface area contributed by atoms with Gasteiger partial charge in [0.25, 0.3) is 0 Å². The lowest BCUT2D eigenvalue weighted by Gasteiger charge is -2.38. The highest BCUT2D eigenvalue weighted by Crippen LogP contribution is 2.32. The molecule has 6 heteroatoms. The molecule has 0 atom stereocenters. The molecule has 0 saturated carbocycles. The van der Waals surface area contributed by atoms with E-state index in [-0.39, 0.29) is 12.7 Å². The van der Waals surface area contributed by atoms with Crippen molar-refractivity contribution in [1.82, 2.24) is 14.8 Å². The van der Waals surface area contributed by atoms with Gasteiger partial charge in [0.15, 0.2) is 11.5 Å². The van der Waals surface area contributed by atoms with Crippen molar-refractivity contribution in [3.63, 3.8) is 0 Å². The van der Waals surface area contributed by atoms with Gasteiger partial charge in [-0.1, -0.05) is 19.1 Å². The molecule has 2 aliphatic rings. The smallest absolute Gasteiger partial charge is 0.231 e. The van der Waals surface area contributed by atoms with Crippen LogP contribution in [0.5, 0.6) is 11.5 Å². The van der Waals surface area contributed by atoms with E-state index >= 15 is 0 Å². The SMILES string of the molecule is CCN1CCC(N(CCc2ccccn2)C(=O)Cc2ccc3c(c2)OCO3)CC1. The molecule has 0 aliphatic carbocycles. The number of fused-ring (bicyclic) bond motifs is 1. The van der Waals surface area contributed by atoms with Crippen molar-refractivity contribution >= 4 is 5.91 Å². The zero-order chi connectivity index (χ0) is 20.1. The Balaban J connectivity index is 1.45. The van der Waals surface area contributed by atoms with E-state index in [1.807, 2.05) is 42.6 Å². The number of hydrogen-bond donors (Lipinski definition) is 0. The minimum absolute atomic E-state index is 0.176. The summed E-state index contributed by atoms with van der Waals surface area (Å²) >= 11 is 0. The molecule has 0 spiro atoms. The summed E-state index contributed by atoms with van der Waals surface area (Å²) in [6, 6.07) is 12.0. The van der Waals surface area contributed by atoms with Gasteiger partial charge in [-0.05, 0) is 49.2 Å². The minimum atomic E-state index is 0.176. The zero-order valence-electron chi connectivity index (χ0n) is 17.0. The van der Waals surface area contributed by atoms with Crippen LogP contribution in [0.1, 0.15) is 31.0 Å². The Morgan fingerprint density at radius 3 is 2.76 bits per heavy atom. The van der Waals surface area contributed by atoms with E-state index in [1.54, 1.807) is 0 Å². The van der Waals surface area contributed by atoms with Crippen LogP contribution in [0, 0.1) is 0 Å². The number of amides is 1. The summed E-state index contributed by atoms with van der Waals surface area (Å²) in [5.74, 6) is 1.65. The third kappa shape index (κ3) is 4.88. The fourth-order valence-electron chi connectivity index (χ4n) is 4.17. The van der Waals surface area contributed by atoms with E-state index in [0.29, 0.717) is 19.0 Å². The van der Waals surface area contributed by atoms with E-state index in [9.17, 15) is 4.79 Å². The van der Waals surface area contributed by atoms with Gasteiger partial charge >= 0.3 is 0 Å². The van der Waals surface area contributed by atoms with Gasteiger partial charge in [0.2, 0.25) is 12.7 Å². The molecule has 1 aromatic heterocycles. The van der Waals surface area contributed by atoms with Crippen molar-refractivity contribution in [1.29, 1.82) is 0 Å². The number of pyridine rings is 1. The summed E-state index contributed by atoms with van der Waals surface area (Å²) in [4.78, 5) is 22.3. The summed E-state index contributed by atoms with van der Waals surface area (Å²) in [6.07, 6.45) is 5.04. The number of likely N-dealkylation sites (tertiary alicyclic amines) is 1. The fraction of sp³-hybridized carbons (Fsp3) is 0.478. The molecule has 2 aromatic rings. The molecule has 2 aliphatic heterocycles.